The maximum absolute atomic E-state index is 9.65. The highest BCUT2D eigenvalue weighted by Crippen LogP contribution is 2.14. The number of benzene rings is 1. The van der Waals surface area contributed by atoms with Crippen LogP contribution >= 0.6 is 0 Å². The molecular formula is C20H36N4O. The fourth-order valence-corrected chi connectivity index (χ4v) is 2.74. The second kappa shape index (κ2) is 13.7. The quantitative estimate of drug-likeness (QED) is 0.308. The predicted octanol–water partition coefficient (Wildman–Crippen LogP) is 2.44. The van der Waals surface area contributed by atoms with Gasteiger partial charge in [-0.2, -0.15) is 0 Å². The molecule has 142 valence electrons. The van der Waals surface area contributed by atoms with Crippen molar-refractivity contribution in [1.29, 1.82) is 0 Å². The summed E-state index contributed by atoms with van der Waals surface area (Å²) in [5.74, 6) is 0.874. The van der Waals surface area contributed by atoms with Gasteiger partial charge in [0, 0.05) is 19.0 Å². The van der Waals surface area contributed by atoms with Gasteiger partial charge in [0.25, 0.3) is 0 Å². The molecule has 1 aromatic carbocycles. The lowest BCUT2D eigenvalue weighted by atomic mass is 10.0. The third kappa shape index (κ3) is 8.89. The van der Waals surface area contributed by atoms with E-state index in [1.807, 2.05) is 30.3 Å². The van der Waals surface area contributed by atoms with Crippen molar-refractivity contribution in [2.45, 2.75) is 39.5 Å². The Labute approximate surface area is 153 Å². The molecule has 1 aromatic rings. The fourth-order valence-electron chi connectivity index (χ4n) is 2.74. The standard InChI is InChI=1S/C20H36N4O/c1-4-21-20(22-14-10-11-15-24(5-2)6-3)23-16-19(17-25)18-12-8-7-9-13-18/h7-9,12-13,19,25H,4-6,10-11,14-17H2,1-3H3,(H2,21,22,23). The number of aliphatic hydroxyl groups is 1. The molecule has 0 spiro atoms. The van der Waals surface area contributed by atoms with Crippen LogP contribution in [-0.4, -0.2) is 61.8 Å². The average molecular weight is 349 g/mol. The maximum atomic E-state index is 9.65. The Hall–Kier alpha value is -1.59. The van der Waals surface area contributed by atoms with E-state index in [0.717, 1.165) is 50.7 Å². The molecule has 0 heterocycles. The minimum Gasteiger partial charge on any atom is -0.396 e. The molecule has 1 unspecified atom stereocenters. The Morgan fingerprint density at radius 1 is 1.08 bits per heavy atom. The fraction of sp³-hybridized carbons (Fsp3) is 0.650. The van der Waals surface area contributed by atoms with E-state index >= 15 is 0 Å². The average Bonchev–Trinajstić information content (AvgIpc) is 2.66. The molecular weight excluding hydrogens is 312 g/mol. The van der Waals surface area contributed by atoms with Crippen molar-refractivity contribution in [2.75, 3.05) is 45.9 Å². The van der Waals surface area contributed by atoms with Crippen LogP contribution in [0, 0.1) is 0 Å². The van der Waals surface area contributed by atoms with Crippen LogP contribution in [0.1, 0.15) is 45.1 Å². The number of nitrogens with one attached hydrogen (secondary N) is 2. The number of unbranched alkanes of at least 4 members (excludes halogenated alkanes) is 1. The van der Waals surface area contributed by atoms with Gasteiger partial charge in [-0.1, -0.05) is 44.2 Å². The van der Waals surface area contributed by atoms with Gasteiger partial charge < -0.3 is 20.6 Å². The second-order valence-electron chi connectivity index (χ2n) is 6.17. The lowest BCUT2D eigenvalue weighted by Crippen LogP contribution is -2.38. The van der Waals surface area contributed by atoms with Crippen LogP contribution in [0.2, 0.25) is 0 Å². The molecule has 0 bridgehead atoms. The Balaban J connectivity index is 2.42. The Kier molecular flexibility index (Phi) is 11.7. The number of hydrogen-bond donors (Lipinski definition) is 3. The van der Waals surface area contributed by atoms with Crippen LogP contribution in [0.4, 0.5) is 0 Å². The first kappa shape index (κ1) is 21.5. The first-order chi connectivity index (χ1) is 12.2. The van der Waals surface area contributed by atoms with Crippen LogP contribution in [0.3, 0.4) is 0 Å². The number of aliphatic hydroxyl groups excluding tert-OH is 1. The zero-order chi connectivity index (χ0) is 18.3. The highest BCUT2D eigenvalue weighted by atomic mass is 16.3. The van der Waals surface area contributed by atoms with Crippen LogP contribution < -0.4 is 10.6 Å². The Morgan fingerprint density at radius 2 is 1.80 bits per heavy atom. The summed E-state index contributed by atoms with van der Waals surface area (Å²) >= 11 is 0. The molecule has 0 fully saturated rings. The molecule has 0 saturated heterocycles. The SMILES string of the molecule is CCNC(=NCC(CO)c1ccccc1)NCCCCN(CC)CC. The summed E-state index contributed by atoms with van der Waals surface area (Å²) in [6, 6.07) is 10.1. The molecule has 0 saturated carbocycles. The molecule has 5 heteroatoms. The highest BCUT2D eigenvalue weighted by molar-refractivity contribution is 5.79. The Bertz CT molecular complexity index is 460. The summed E-state index contributed by atoms with van der Waals surface area (Å²) < 4.78 is 0. The summed E-state index contributed by atoms with van der Waals surface area (Å²) in [6.07, 6.45) is 2.32. The van der Waals surface area contributed by atoms with Gasteiger partial charge in [-0.3, -0.25) is 4.99 Å². The molecule has 0 radical (unpaired) electrons. The van der Waals surface area contributed by atoms with Crippen molar-refractivity contribution in [3.8, 4) is 0 Å². The maximum Gasteiger partial charge on any atom is 0.191 e. The molecule has 0 aliphatic rings. The van der Waals surface area contributed by atoms with Gasteiger partial charge in [-0.05, 0) is 45.0 Å². The molecule has 5 nitrogen and oxygen atoms in total. The highest BCUT2D eigenvalue weighted by Gasteiger charge is 2.09. The van der Waals surface area contributed by atoms with E-state index in [0.29, 0.717) is 6.54 Å². The normalized spacial score (nSPS) is 13.1. The van der Waals surface area contributed by atoms with Crippen LogP contribution in [0.15, 0.2) is 35.3 Å². The van der Waals surface area contributed by atoms with Crippen molar-refractivity contribution >= 4 is 5.96 Å². The number of aliphatic imine (C=N–C) groups is 1. The topological polar surface area (TPSA) is 59.9 Å². The van der Waals surface area contributed by atoms with Gasteiger partial charge in [0.2, 0.25) is 0 Å². The van der Waals surface area contributed by atoms with E-state index in [4.69, 9.17) is 0 Å². The number of nitrogens with zero attached hydrogens (tertiary/aromatic N) is 2. The monoisotopic (exact) mass is 348 g/mol. The lowest BCUT2D eigenvalue weighted by molar-refractivity contribution is 0.268. The number of guanidine groups is 1. The summed E-state index contributed by atoms with van der Waals surface area (Å²) in [4.78, 5) is 7.10. The molecule has 1 atom stereocenters. The van der Waals surface area contributed by atoms with Crippen LogP contribution in [0.25, 0.3) is 0 Å². The molecule has 25 heavy (non-hydrogen) atoms. The van der Waals surface area contributed by atoms with Crippen LogP contribution in [-0.2, 0) is 0 Å². The van der Waals surface area contributed by atoms with Crippen molar-refractivity contribution < 1.29 is 5.11 Å². The lowest BCUT2D eigenvalue weighted by Gasteiger charge is -2.18. The van der Waals surface area contributed by atoms with Gasteiger partial charge in [0.1, 0.15) is 0 Å². The second-order valence-corrected chi connectivity index (χ2v) is 6.17. The van der Waals surface area contributed by atoms with E-state index in [2.05, 4.69) is 41.3 Å². The van der Waals surface area contributed by atoms with E-state index < -0.39 is 0 Å². The number of rotatable bonds is 12. The van der Waals surface area contributed by atoms with Gasteiger partial charge in [0.05, 0.1) is 13.2 Å². The van der Waals surface area contributed by atoms with E-state index in [1.165, 1.54) is 6.42 Å². The van der Waals surface area contributed by atoms with E-state index in [-0.39, 0.29) is 12.5 Å². The van der Waals surface area contributed by atoms with Gasteiger partial charge in [-0.15, -0.1) is 0 Å². The summed E-state index contributed by atoms with van der Waals surface area (Å²) in [5, 5.41) is 16.3. The third-order valence-corrected chi connectivity index (χ3v) is 4.39. The molecule has 1 rings (SSSR count). The van der Waals surface area contributed by atoms with Gasteiger partial charge >= 0.3 is 0 Å². The van der Waals surface area contributed by atoms with E-state index in [1.54, 1.807) is 0 Å². The molecule has 3 N–H and O–H groups in total. The smallest absolute Gasteiger partial charge is 0.191 e. The van der Waals surface area contributed by atoms with Crippen molar-refractivity contribution in [2.24, 2.45) is 4.99 Å². The first-order valence-electron chi connectivity index (χ1n) is 9.65. The zero-order valence-corrected chi connectivity index (χ0v) is 16.2. The van der Waals surface area contributed by atoms with Crippen LogP contribution in [0.5, 0.6) is 0 Å². The third-order valence-electron chi connectivity index (χ3n) is 4.39. The zero-order valence-electron chi connectivity index (χ0n) is 16.2. The predicted molar refractivity (Wildman–Crippen MR) is 107 cm³/mol. The molecule has 0 aliphatic carbocycles. The van der Waals surface area contributed by atoms with Gasteiger partial charge in [-0.25, -0.2) is 0 Å². The van der Waals surface area contributed by atoms with E-state index in [9.17, 15) is 5.11 Å². The minimum atomic E-state index is 0.0410. The van der Waals surface area contributed by atoms with Crippen molar-refractivity contribution in [3.63, 3.8) is 0 Å². The summed E-state index contributed by atoms with van der Waals surface area (Å²) in [7, 11) is 0. The Morgan fingerprint density at radius 3 is 2.40 bits per heavy atom. The molecule has 0 amide bonds. The van der Waals surface area contributed by atoms with Gasteiger partial charge in [0.15, 0.2) is 5.96 Å². The summed E-state index contributed by atoms with van der Waals surface area (Å²) in [5.41, 5.74) is 1.13. The van der Waals surface area contributed by atoms with Crippen molar-refractivity contribution in [3.05, 3.63) is 35.9 Å². The number of hydrogen-bond acceptors (Lipinski definition) is 3. The first-order valence-corrected chi connectivity index (χ1v) is 9.65. The molecule has 0 aromatic heterocycles. The van der Waals surface area contributed by atoms with Crippen molar-refractivity contribution in [1.82, 2.24) is 15.5 Å². The largest absolute Gasteiger partial charge is 0.396 e. The summed E-state index contributed by atoms with van der Waals surface area (Å²) in [6.45, 7) is 12.3. The molecule has 0 aliphatic heterocycles. The minimum absolute atomic E-state index is 0.0410.